The number of nitrogens with zero attached hydrogens (tertiary/aromatic N) is 2. The third kappa shape index (κ3) is 4.11. The van der Waals surface area contributed by atoms with Crippen molar-refractivity contribution in [2.45, 2.75) is 9.79 Å². The van der Waals surface area contributed by atoms with Crippen LogP contribution in [0, 0.1) is 11.3 Å². The molecule has 0 aliphatic heterocycles. The molecule has 2 aromatic rings. The Morgan fingerprint density at radius 2 is 1.74 bits per heavy atom. The van der Waals surface area contributed by atoms with E-state index in [0.29, 0.717) is 16.0 Å². The minimum atomic E-state index is -1.07. The van der Waals surface area contributed by atoms with Crippen LogP contribution in [0.4, 0.5) is 0 Å². The lowest BCUT2D eigenvalue weighted by atomic mass is 10.2. The molecule has 0 fully saturated rings. The Bertz CT molecular complexity index is 783. The summed E-state index contributed by atoms with van der Waals surface area (Å²) in [4.78, 5) is 25.8. The Labute approximate surface area is 138 Å². The maximum atomic E-state index is 12.4. The molecule has 0 bridgehead atoms. The topological polar surface area (TPSA) is 81.4 Å². The molecule has 1 N–H and O–H groups in total. The molecule has 2 aromatic carbocycles. The van der Waals surface area contributed by atoms with Gasteiger partial charge in [0.15, 0.2) is 0 Å². The van der Waals surface area contributed by atoms with E-state index in [2.05, 4.69) is 6.07 Å². The second kappa shape index (κ2) is 7.47. The molecule has 0 spiro atoms. The molecule has 0 saturated carbocycles. The van der Waals surface area contributed by atoms with E-state index in [4.69, 9.17) is 10.4 Å². The molecule has 116 valence electrons. The third-order valence-corrected chi connectivity index (χ3v) is 4.22. The Balaban J connectivity index is 2.33. The summed E-state index contributed by atoms with van der Waals surface area (Å²) in [6.45, 7) is -0.368. The van der Waals surface area contributed by atoms with E-state index in [1.807, 2.05) is 12.1 Å². The van der Waals surface area contributed by atoms with Gasteiger partial charge in [-0.25, -0.2) is 0 Å². The van der Waals surface area contributed by atoms with Gasteiger partial charge in [0.2, 0.25) is 0 Å². The quantitative estimate of drug-likeness (QED) is 0.913. The summed E-state index contributed by atoms with van der Waals surface area (Å²) < 4.78 is 0. The Morgan fingerprint density at radius 3 is 2.39 bits per heavy atom. The van der Waals surface area contributed by atoms with Crippen LogP contribution in [0.1, 0.15) is 15.9 Å². The second-order valence-electron chi connectivity index (χ2n) is 4.76. The number of aliphatic carboxylic acids is 1. The Kier molecular flexibility index (Phi) is 5.39. The Hall–Kier alpha value is -2.78. The molecule has 23 heavy (non-hydrogen) atoms. The van der Waals surface area contributed by atoms with Gasteiger partial charge < -0.3 is 10.0 Å². The Morgan fingerprint density at radius 1 is 1.13 bits per heavy atom. The van der Waals surface area contributed by atoms with E-state index in [1.54, 1.807) is 36.4 Å². The molecular weight excluding hydrogens is 312 g/mol. The fourth-order valence-electron chi connectivity index (χ4n) is 1.98. The molecular formula is C17H14N2O3S. The van der Waals surface area contributed by atoms with Gasteiger partial charge in [0.25, 0.3) is 5.91 Å². The highest BCUT2D eigenvalue weighted by atomic mass is 32.2. The molecule has 6 heteroatoms. The number of carbonyl (C=O) groups excluding carboxylic acids is 1. The number of hydrogen-bond donors (Lipinski definition) is 1. The molecule has 0 radical (unpaired) electrons. The van der Waals surface area contributed by atoms with Crippen molar-refractivity contribution in [2.24, 2.45) is 0 Å². The van der Waals surface area contributed by atoms with E-state index < -0.39 is 5.97 Å². The predicted molar refractivity (Wildman–Crippen MR) is 86.3 cm³/mol. The monoisotopic (exact) mass is 326 g/mol. The lowest BCUT2D eigenvalue weighted by Gasteiger charge is -2.17. The lowest BCUT2D eigenvalue weighted by molar-refractivity contribution is -0.137. The first-order valence-corrected chi connectivity index (χ1v) is 7.58. The molecule has 0 unspecified atom stereocenters. The van der Waals surface area contributed by atoms with E-state index in [9.17, 15) is 9.59 Å². The van der Waals surface area contributed by atoms with Crippen molar-refractivity contribution >= 4 is 23.6 Å². The van der Waals surface area contributed by atoms with Gasteiger partial charge in [-0.3, -0.25) is 9.59 Å². The molecule has 5 nitrogen and oxygen atoms in total. The predicted octanol–water partition coefficient (Wildman–Crippen LogP) is 2.87. The van der Waals surface area contributed by atoms with Crippen LogP contribution >= 0.6 is 11.8 Å². The number of benzene rings is 2. The van der Waals surface area contributed by atoms with Crippen molar-refractivity contribution < 1.29 is 14.7 Å². The maximum absolute atomic E-state index is 12.4. The standard InChI is InChI=1S/C17H14N2O3S/c1-19(11-16(20)21)17(22)13-7-3-5-9-15(13)23-14-8-4-2-6-12(14)10-18/h2-9H,11H2,1H3,(H,20,21). The summed E-state index contributed by atoms with van der Waals surface area (Å²) in [5.74, 6) is -1.44. The van der Waals surface area contributed by atoms with Crippen molar-refractivity contribution in [3.8, 4) is 6.07 Å². The van der Waals surface area contributed by atoms with Crippen LogP contribution in [0.3, 0.4) is 0 Å². The van der Waals surface area contributed by atoms with Crippen LogP contribution in [0.2, 0.25) is 0 Å². The number of hydrogen-bond acceptors (Lipinski definition) is 4. The molecule has 0 atom stereocenters. The van der Waals surface area contributed by atoms with Crippen LogP contribution in [0.5, 0.6) is 0 Å². The zero-order chi connectivity index (χ0) is 16.8. The number of carbonyl (C=O) groups is 2. The number of carboxylic acid groups (broad SMARTS) is 1. The summed E-state index contributed by atoms with van der Waals surface area (Å²) in [6, 6.07) is 16.2. The fraction of sp³-hybridized carbons (Fsp3) is 0.118. The molecule has 0 aliphatic rings. The van der Waals surface area contributed by atoms with Gasteiger partial charge in [-0.05, 0) is 24.3 Å². The van der Waals surface area contributed by atoms with E-state index >= 15 is 0 Å². The van der Waals surface area contributed by atoms with Gasteiger partial charge in [-0.1, -0.05) is 36.0 Å². The summed E-state index contributed by atoms with van der Waals surface area (Å²) in [5.41, 5.74) is 0.938. The second-order valence-corrected chi connectivity index (χ2v) is 5.84. The number of amides is 1. The van der Waals surface area contributed by atoms with Crippen LogP contribution in [-0.4, -0.2) is 35.5 Å². The van der Waals surface area contributed by atoms with Crippen molar-refractivity contribution in [3.05, 3.63) is 59.7 Å². The van der Waals surface area contributed by atoms with E-state index in [-0.39, 0.29) is 12.5 Å². The van der Waals surface area contributed by atoms with E-state index in [1.165, 1.54) is 18.8 Å². The fourth-order valence-corrected chi connectivity index (χ4v) is 3.00. The molecule has 0 aromatic heterocycles. The van der Waals surface area contributed by atoms with Gasteiger partial charge in [0.1, 0.15) is 12.6 Å². The first-order chi connectivity index (χ1) is 11.0. The van der Waals surface area contributed by atoms with Gasteiger partial charge in [0.05, 0.1) is 11.1 Å². The van der Waals surface area contributed by atoms with Gasteiger partial charge in [-0.15, -0.1) is 0 Å². The normalized spacial score (nSPS) is 9.91. The summed E-state index contributed by atoms with van der Waals surface area (Å²) in [6.07, 6.45) is 0. The van der Waals surface area contributed by atoms with Crippen molar-refractivity contribution in [1.29, 1.82) is 5.26 Å². The highest BCUT2D eigenvalue weighted by Crippen LogP contribution is 2.32. The lowest BCUT2D eigenvalue weighted by Crippen LogP contribution is -2.32. The zero-order valence-corrected chi connectivity index (χ0v) is 13.2. The molecule has 0 aliphatic carbocycles. The van der Waals surface area contributed by atoms with Crippen LogP contribution in [0.25, 0.3) is 0 Å². The number of carboxylic acids is 1. The molecule has 0 heterocycles. The summed E-state index contributed by atoms with van der Waals surface area (Å²) in [7, 11) is 1.45. The van der Waals surface area contributed by atoms with Gasteiger partial charge >= 0.3 is 5.97 Å². The van der Waals surface area contributed by atoms with Crippen molar-refractivity contribution in [3.63, 3.8) is 0 Å². The van der Waals surface area contributed by atoms with Crippen LogP contribution in [-0.2, 0) is 4.79 Å². The smallest absolute Gasteiger partial charge is 0.323 e. The van der Waals surface area contributed by atoms with Crippen LogP contribution in [0.15, 0.2) is 58.3 Å². The SMILES string of the molecule is CN(CC(=O)O)C(=O)c1ccccc1Sc1ccccc1C#N. The van der Waals surface area contributed by atoms with Gasteiger partial charge in [-0.2, -0.15) is 5.26 Å². The number of likely N-dealkylation sites (N-methyl/N-ethyl adjacent to an activating group) is 1. The van der Waals surface area contributed by atoms with Crippen molar-refractivity contribution in [1.82, 2.24) is 4.90 Å². The van der Waals surface area contributed by atoms with Gasteiger partial charge in [0, 0.05) is 16.8 Å². The molecule has 2 rings (SSSR count). The molecule has 1 amide bonds. The summed E-state index contributed by atoms with van der Waals surface area (Å²) in [5, 5.41) is 18.0. The highest BCUT2D eigenvalue weighted by molar-refractivity contribution is 7.99. The van der Waals surface area contributed by atoms with Crippen molar-refractivity contribution in [2.75, 3.05) is 13.6 Å². The van der Waals surface area contributed by atoms with Crippen LogP contribution < -0.4 is 0 Å². The molecule has 0 saturated heterocycles. The number of nitriles is 1. The number of rotatable bonds is 5. The minimum absolute atomic E-state index is 0.368. The van der Waals surface area contributed by atoms with E-state index in [0.717, 1.165) is 9.80 Å². The first-order valence-electron chi connectivity index (χ1n) is 6.76. The largest absolute Gasteiger partial charge is 0.480 e. The minimum Gasteiger partial charge on any atom is -0.480 e. The maximum Gasteiger partial charge on any atom is 0.323 e. The highest BCUT2D eigenvalue weighted by Gasteiger charge is 2.18. The average Bonchev–Trinajstić information content (AvgIpc) is 2.54. The summed E-state index contributed by atoms with van der Waals surface area (Å²) >= 11 is 1.31. The third-order valence-electron chi connectivity index (χ3n) is 3.06. The average molecular weight is 326 g/mol. The zero-order valence-electron chi connectivity index (χ0n) is 12.4. The first kappa shape index (κ1) is 16.6.